The van der Waals surface area contributed by atoms with Gasteiger partial charge < -0.3 is 24.4 Å². The second-order valence-electron chi connectivity index (χ2n) is 6.85. The average molecular weight is 376 g/mol. The molecule has 146 valence electrons. The molecule has 8 nitrogen and oxygen atoms in total. The summed E-state index contributed by atoms with van der Waals surface area (Å²) in [5, 5.41) is 9.13. The molecule has 1 saturated heterocycles. The van der Waals surface area contributed by atoms with Crippen LogP contribution in [0.4, 0.5) is 0 Å². The number of carbonyl (C=O) groups excluding carboxylic acids is 2. The predicted molar refractivity (Wildman–Crippen MR) is 95.9 cm³/mol. The molecule has 1 aliphatic carbocycles. The van der Waals surface area contributed by atoms with Gasteiger partial charge in [-0.25, -0.2) is 0 Å². The third kappa shape index (κ3) is 3.84. The van der Waals surface area contributed by atoms with E-state index in [2.05, 4.69) is 0 Å². The number of carbonyl (C=O) groups is 3. The Morgan fingerprint density at radius 1 is 0.889 bits per heavy atom. The Morgan fingerprint density at radius 3 is 1.85 bits per heavy atom. The van der Waals surface area contributed by atoms with Crippen molar-refractivity contribution in [1.29, 1.82) is 0 Å². The molecule has 2 aliphatic rings. The van der Waals surface area contributed by atoms with E-state index in [1.54, 1.807) is 28.0 Å². The Labute approximate surface area is 157 Å². The zero-order valence-corrected chi connectivity index (χ0v) is 15.5. The van der Waals surface area contributed by atoms with Gasteiger partial charge in [-0.05, 0) is 25.0 Å². The van der Waals surface area contributed by atoms with Crippen molar-refractivity contribution >= 4 is 17.8 Å². The molecule has 1 aliphatic heterocycles. The number of hydrogen-bond donors (Lipinski definition) is 1. The van der Waals surface area contributed by atoms with E-state index in [9.17, 15) is 14.4 Å². The van der Waals surface area contributed by atoms with Gasteiger partial charge in [0.1, 0.15) is 11.5 Å². The van der Waals surface area contributed by atoms with E-state index in [1.165, 1.54) is 14.2 Å². The lowest BCUT2D eigenvalue weighted by molar-refractivity contribution is -0.157. The Kier molecular flexibility index (Phi) is 5.53. The number of carboxylic acid groups (broad SMARTS) is 1. The van der Waals surface area contributed by atoms with Crippen molar-refractivity contribution in [2.45, 2.75) is 12.8 Å². The number of ether oxygens (including phenoxy) is 2. The number of nitrogens with zero attached hydrogens (tertiary/aromatic N) is 2. The fraction of sp³-hybridized carbons (Fsp3) is 0.526. The number of benzene rings is 1. The largest absolute Gasteiger partial charge is 0.497 e. The van der Waals surface area contributed by atoms with Crippen LogP contribution in [0, 0.1) is 11.8 Å². The zero-order valence-electron chi connectivity index (χ0n) is 15.5. The second kappa shape index (κ2) is 7.85. The molecular formula is C19H24N2O6. The zero-order chi connectivity index (χ0) is 19.6. The highest BCUT2D eigenvalue weighted by Crippen LogP contribution is 2.36. The molecule has 1 heterocycles. The Morgan fingerprint density at radius 2 is 1.41 bits per heavy atom. The summed E-state index contributed by atoms with van der Waals surface area (Å²) in [6.07, 6.45) is 1.18. The fourth-order valence-corrected chi connectivity index (χ4v) is 3.57. The number of hydrogen-bond acceptors (Lipinski definition) is 5. The lowest BCUT2D eigenvalue weighted by Gasteiger charge is -2.40. The molecule has 2 amide bonds. The van der Waals surface area contributed by atoms with E-state index in [-0.39, 0.29) is 11.8 Å². The molecular weight excluding hydrogens is 352 g/mol. The SMILES string of the molecule is COc1cc(OC)cc(C(=O)N2CCN(C(=O)C3CCC3C(=O)O)CC2)c1. The topological polar surface area (TPSA) is 96.4 Å². The van der Waals surface area contributed by atoms with Gasteiger partial charge in [-0.1, -0.05) is 0 Å². The summed E-state index contributed by atoms with van der Waals surface area (Å²) in [5.41, 5.74) is 0.468. The van der Waals surface area contributed by atoms with Crippen LogP contribution in [0.25, 0.3) is 0 Å². The van der Waals surface area contributed by atoms with Crippen molar-refractivity contribution in [3.63, 3.8) is 0 Å². The van der Waals surface area contributed by atoms with Gasteiger partial charge in [-0.2, -0.15) is 0 Å². The first-order valence-electron chi connectivity index (χ1n) is 8.98. The number of carboxylic acids is 1. The Balaban J connectivity index is 1.61. The van der Waals surface area contributed by atoms with Crippen molar-refractivity contribution in [2.75, 3.05) is 40.4 Å². The van der Waals surface area contributed by atoms with E-state index in [4.69, 9.17) is 14.6 Å². The van der Waals surface area contributed by atoms with E-state index in [1.807, 2.05) is 0 Å². The smallest absolute Gasteiger partial charge is 0.307 e. The third-order valence-electron chi connectivity index (χ3n) is 5.39. The minimum Gasteiger partial charge on any atom is -0.497 e. The highest BCUT2D eigenvalue weighted by Gasteiger charge is 2.43. The van der Waals surface area contributed by atoms with Crippen LogP contribution in [0.5, 0.6) is 11.5 Å². The van der Waals surface area contributed by atoms with Crippen LogP contribution in [0.1, 0.15) is 23.2 Å². The maximum Gasteiger partial charge on any atom is 0.307 e. The van der Waals surface area contributed by atoms with E-state index in [0.29, 0.717) is 56.1 Å². The van der Waals surface area contributed by atoms with E-state index < -0.39 is 17.8 Å². The molecule has 1 saturated carbocycles. The fourth-order valence-electron chi connectivity index (χ4n) is 3.57. The number of amides is 2. The summed E-state index contributed by atoms with van der Waals surface area (Å²) < 4.78 is 10.4. The molecule has 0 bridgehead atoms. The summed E-state index contributed by atoms with van der Waals surface area (Å²) in [5.74, 6) is -1.07. The molecule has 0 spiro atoms. The quantitative estimate of drug-likeness (QED) is 0.827. The summed E-state index contributed by atoms with van der Waals surface area (Å²) in [6, 6.07) is 5.02. The van der Waals surface area contributed by atoms with Gasteiger partial charge in [0, 0.05) is 37.8 Å². The lowest BCUT2D eigenvalue weighted by Crippen LogP contribution is -2.54. The van der Waals surface area contributed by atoms with Crippen molar-refractivity contribution < 1.29 is 29.0 Å². The third-order valence-corrected chi connectivity index (χ3v) is 5.39. The molecule has 8 heteroatoms. The Hall–Kier alpha value is -2.77. The van der Waals surface area contributed by atoms with Gasteiger partial charge in [-0.3, -0.25) is 14.4 Å². The van der Waals surface area contributed by atoms with Gasteiger partial charge in [0.05, 0.1) is 26.1 Å². The molecule has 0 radical (unpaired) electrons. The maximum absolute atomic E-state index is 12.8. The normalized spacial score (nSPS) is 22.0. The van der Waals surface area contributed by atoms with Crippen molar-refractivity contribution in [1.82, 2.24) is 9.80 Å². The number of methoxy groups -OCH3 is 2. The van der Waals surface area contributed by atoms with Crippen LogP contribution < -0.4 is 9.47 Å². The summed E-state index contributed by atoms with van der Waals surface area (Å²) in [7, 11) is 3.05. The minimum atomic E-state index is -0.902. The van der Waals surface area contributed by atoms with Crippen LogP contribution in [-0.4, -0.2) is 73.1 Å². The first kappa shape index (κ1) is 19.0. The molecule has 2 fully saturated rings. The molecule has 1 aromatic carbocycles. The van der Waals surface area contributed by atoms with E-state index in [0.717, 1.165) is 0 Å². The highest BCUT2D eigenvalue weighted by atomic mass is 16.5. The number of rotatable bonds is 5. The van der Waals surface area contributed by atoms with Gasteiger partial charge >= 0.3 is 5.97 Å². The molecule has 2 unspecified atom stereocenters. The van der Waals surface area contributed by atoms with Crippen LogP contribution in [0.2, 0.25) is 0 Å². The standard InChI is InChI=1S/C19H24N2O6/c1-26-13-9-12(10-14(11-13)27-2)17(22)20-5-7-21(8-6-20)18(23)15-3-4-16(15)19(24)25/h9-11,15-16H,3-8H2,1-2H3,(H,24,25). The van der Waals surface area contributed by atoms with Crippen LogP contribution in [-0.2, 0) is 9.59 Å². The van der Waals surface area contributed by atoms with Gasteiger partial charge in [-0.15, -0.1) is 0 Å². The van der Waals surface area contributed by atoms with Crippen molar-refractivity contribution in [3.05, 3.63) is 23.8 Å². The van der Waals surface area contributed by atoms with Crippen molar-refractivity contribution in [3.8, 4) is 11.5 Å². The molecule has 1 aromatic rings. The maximum atomic E-state index is 12.8. The van der Waals surface area contributed by atoms with Crippen LogP contribution in [0.3, 0.4) is 0 Å². The summed E-state index contributed by atoms with van der Waals surface area (Å²) in [6.45, 7) is 1.64. The molecule has 0 aromatic heterocycles. The molecule has 3 rings (SSSR count). The van der Waals surface area contributed by atoms with Gasteiger partial charge in [0.2, 0.25) is 5.91 Å². The van der Waals surface area contributed by atoms with Gasteiger partial charge in [0.25, 0.3) is 5.91 Å². The number of piperazine rings is 1. The molecule has 1 N–H and O–H groups in total. The molecule has 27 heavy (non-hydrogen) atoms. The van der Waals surface area contributed by atoms with E-state index >= 15 is 0 Å². The van der Waals surface area contributed by atoms with Crippen LogP contribution in [0.15, 0.2) is 18.2 Å². The van der Waals surface area contributed by atoms with Gasteiger partial charge in [0.15, 0.2) is 0 Å². The van der Waals surface area contributed by atoms with Crippen molar-refractivity contribution in [2.24, 2.45) is 11.8 Å². The number of aliphatic carboxylic acids is 1. The average Bonchev–Trinajstić information content (AvgIpc) is 2.65. The molecule has 2 atom stereocenters. The second-order valence-corrected chi connectivity index (χ2v) is 6.85. The lowest BCUT2D eigenvalue weighted by atomic mass is 9.73. The summed E-state index contributed by atoms with van der Waals surface area (Å²) in [4.78, 5) is 39.8. The highest BCUT2D eigenvalue weighted by molar-refractivity contribution is 5.95. The first-order valence-corrected chi connectivity index (χ1v) is 8.98. The predicted octanol–water partition coefficient (Wildman–Crippen LogP) is 1.10. The monoisotopic (exact) mass is 376 g/mol. The first-order chi connectivity index (χ1) is 12.9. The summed E-state index contributed by atoms with van der Waals surface area (Å²) >= 11 is 0. The minimum absolute atomic E-state index is 0.108. The van der Waals surface area contributed by atoms with Crippen LogP contribution >= 0.6 is 0 Å². The Bertz CT molecular complexity index is 719.